The minimum atomic E-state index is -0.222. The van der Waals surface area contributed by atoms with Gasteiger partial charge in [0, 0.05) is 5.92 Å². The van der Waals surface area contributed by atoms with Crippen molar-refractivity contribution in [2.45, 2.75) is 38.4 Å². The molecule has 3 heteroatoms. The van der Waals surface area contributed by atoms with E-state index in [0.717, 1.165) is 37.5 Å². The summed E-state index contributed by atoms with van der Waals surface area (Å²) in [4.78, 5) is 10.6. The van der Waals surface area contributed by atoms with E-state index in [4.69, 9.17) is 4.74 Å². The standard InChI is InChI=1S/C14H17FO2/c15-13-5-1-12(2-6-13)10-17-14-7-3-11(9-16)4-8-14/h1-2,5-6,9,11,14H,3-4,7-8,10H2/t11-,14-. The van der Waals surface area contributed by atoms with E-state index in [1.165, 1.54) is 12.1 Å². The summed E-state index contributed by atoms with van der Waals surface area (Å²) in [7, 11) is 0. The van der Waals surface area contributed by atoms with Crippen LogP contribution in [0.15, 0.2) is 24.3 Å². The molecule has 0 radical (unpaired) electrons. The van der Waals surface area contributed by atoms with Gasteiger partial charge < -0.3 is 9.53 Å². The lowest BCUT2D eigenvalue weighted by Crippen LogP contribution is -2.22. The molecule has 2 rings (SSSR count). The zero-order valence-electron chi connectivity index (χ0n) is 9.77. The van der Waals surface area contributed by atoms with E-state index in [1.807, 2.05) is 0 Å². The third-order valence-corrected chi connectivity index (χ3v) is 3.31. The molecule has 1 fully saturated rings. The molecular weight excluding hydrogens is 219 g/mol. The van der Waals surface area contributed by atoms with Gasteiger partial charge in [0.05, 0.1) is 12.7 Å². The van der Waals surface area contributed by atoms with Crippen molar-refractivity contribution in [2.75, 3.05) is 0 Å². The Hall–Kier alpha value is -1.22. The summed E-state index contributed by atoms with van der Waals surface area (Å²) in [5.74, 6) is 0.000845. The zero-order valence-corrected chi connectivity index (χ0v) is 9.77. The van der Waals surface area contributed by atoms with Gasteiger partial charge in [-0.05, 0) is 43.4 Å². The van der Waals surface area contributed by atoms with Gasteiger partial charge in [-0.3, -0.25) is 0 Å². The molecule has 0 saturated heterocycles. The van der Waals surface area contributed by atoms with Crippen LogP contribution in [-0.2, 0) is 16.1 Å². The summed E-state index contributed by atoms with van der Waals surface area (Å²) in [6, 6.07) is 6.38. The summed E-state index contributed by atoms with van der Waals surface area (Å²) < 4.78 is 18.5. The molecule has 0 aliphatic heterocycles. The smallest absolute Gasteiger partial charge is 0.123 e. The van der Waals surface area contributed by atoms with E-state index in [1.54, 1.807) is 12.1 Å². The Kier molecular flexibility index (Phi) is 4.26. The van der Waals surface area contributed by atoms with Gasteiger partial charge in [-0.15, -0.1) is 0 Å². The highest BCUT2D eigenvalue weighted by molar-refractivity contribution is 5.53. The fourth-order valence-corrected chi connectivity index (χ4v) is 2.19. The van der Waals surface area contributed by atoms with Gasteiger partial charge in [0.1, 0.15) is 12.1 Å². The first-order chi connectivity index (χ1) is 8.28. The minimum absolute atomic E-state index is 0.222. The Balaban J connectivity index is 1.75. The Morgan fingerprint density at radius 3 is 2.41 bits per heavy atom. The number of ether oxygens (including phenoxy) is 1. The molecule has 1 aliphatic rings. The maximum Gasteiger partial charge on any atom is 0.123 e. The molecule has 1 aromatic rings. The minimum Gasteiger partial charge on any atom is -0.374 e. The van der Waals surface area contributed by atoms with Crippen LogP contribution < -0.4 is 0 Å². The Morgan fingerprint density at radius 1 is 1.18 bits per heavy atom. The lowest BCUT2D eigenvalue weighted by molar-refractivity contribution is -0.113. The summed E-state index contributed by atoms with van der Waals surface area (Å²) in [5, 5.41) is 0. The van der Waals surface area contributed by atoms with Crippen molar-refractivity contribution in [1.29, 1.82) is 0 Å². The van der Waals surface area contributed by atoms with Crippen molar-refractivity contribution < 1.29 is 13.9 Å². The highest BCUT2D eigenvalue weighted by Gasteiger charge is 2.20. The van der Waals surface area contributed by atoms with E-state index in [9.17, 15) is 9.18 Å². The van der Waals surface area contributed by atoms with Crippen molar-refractivity contribution in [1.82, 2.24) is 0 Å². The molecule has 1 aromatic carbocycles. The Bertz CT molecular complexity index is 353. The summed E-state index contributed by atoms with van der Waals surface area (Å²) >= 11 is 0. The van der Waals surface area contributed by atoms with E-state index >= 15 is 0 Å². The van der Waals surface area contributed by atoms with Gasteiger partial charge in [-0.1, -0.05) is 12.1 Å². The first-order valence-electron chi connectivity index (χ1n) is 6.09. The lowest BCUT2D eigenvalue weighted by Gasteiger charge is -2.25. The molecule has 17 heavy (non-hydrogen) atoms. The van der Waals surface area contributed by atoms with Crippen molar-refractivity contribution >= 4 is 6.29 Å². The van der Waals surface area contributed by atoms with Crippen LogP contribution in [0.2, 0.25) is 0 Å². The van der Waals surface area contributed by atoms with Crippen molar-refractivity contribution in [3.05, 3.63) is 35.6 Å². The zero-order chi connectivity index (χ0) is 12.1. The molecule has 0 bridgehead atoms. The van der Waals surface area contributed by atoms with Crippen molar-refractivity contribution in [3.63, 3.8) is 0 Å². The van der Waals surface area contributed by atoms with Crippen LogP contribution in [-0.4, -0.2) is 12.4 Å². The number of carbonyl (C=O) groups is 1. The number of benzene rings is 1. The second-order valence-electron chi connectivity index (χ2n) is 4.61. The topological polar surface area (TPSA) is 26.3 Å². The number of hydrogen-bond acceptors (Lipinski definition) is 2. The van der Waals surface area contributed by atoms with Crippen LogP contribution in [0.3, 0.4) is 0 Å². The molecule has 1 saturated carbocycles. The van der Waals surface area contributed by atoms with Crippen LogP contribution >= 0.6 is 0 Å². The largest absolute Gasteiger partial charge is 0.374 e. The number of rotatable bonds is 4. The fraction of sp³-hybridized carbons (Fsp3) is 0.500. The second-order valence-corrected chi connectivity index (χ2v) is 4.61. The van der Waals surface area contributed by atoms with Gasteiger partial charge in [0.25, 0.3) is 0 Å². The van der Waals surface area contributed by atoms with Gasteiger partial charge in [0.2, 0.25) is 0 Å². The van der Waals surface area contributed by atoms with Crippen LogP contribution in [0.4, 0.5) is 4.39 Å². The molecular formula is C14H17FO2. The van der Waals surface area contributed by atoms with Gasteiger partial charge in [0.15, 0.2) is 0 Å². The number of halogens is 1. The van der Waals surface area contributed by atoms with Crippen molar-refractivity contribution in [2.24, 2.45) is 5.92 Å². The molecule has 2 nitrogen and oxygen atoms in total. The van der Waals surface area contributed by atoms with Crippen LogP contribution in [0.5, 0.6) is 0 Å². The average molecular weight is 236 g/mol. The predicted octanol–water partition coefficient (Wildman–Crippen LogP) is 3.10. The average Bonchev–Trinajstić information content (AvgIpc) is 2.39. The monoisotopic (exact) mass is 236 g/mol. The fourth-order valence-electron chi connectivity index (χ4n) is 2.19. The Morgan fingerprint density at radius 2 is 1.82 bits per heavy atom. The Labute approximate surface area is 101 Å². The molecule has 0 spiro atoms. The first kappa shape index (κ1) is 12.2. The third kappa shape index (κ3) is 3.63. The normalized spacial score (nSPS) is 24.5. The van der Waals surface area contributed by atoms with E-state index in [0.29, 0.717) is 6.61 Å². The predicted molar refractivity (Wildman–Crippen MR) is 63.0 cm³/mol. The number of hydrogen-bond donors (Lipinski definition) is 0. The highest BCUT2D eigenvalue weighted by Crippen LogP contribution is 2.25. The maximum atomic E-state index is 12.7. The van der Waals surface area contributed by atoms with Crippen LogP contribution in [0, 0.1) is 11.7 Å². The molecule has 1 aliphatic carbocycles. The molecule has 0 N–H and O–H groups in total. The first-order valence-corrected chi connectivity index (χ1v) is 6.09. The van der Waals surface area contributed by atoms with Gasteiger partial charge in [-0.2, -0.15) is 0 Å². The number of aldehydes is 1. The summed E-state index contributed by atoms with van der Waals surface area (Å²) in [6.45, 7) is 0.525. The lowest BCUT2D eigenvalue weighted by atomic mass is 9.88. The highest BCUT2D eigenvalue weighted by atomic mass is 19.1. The third-order valence-electron chi connectivity index (χ3n) is 3.31. The summed E-state index contributed by atoms with van der Waals surface area (Å²) in [5.41, 5.74) is 0.990. The van der Waals surface area contributed by atoms with Gasteiger partial charge >= 0.3 is 0 Å². The van der Waals surface area contributed by atoms with Crippen LogP contribution in [0.1, 0.15) is 31.2 Å². The summed E-state index contributed by atoms with van der Waals surface area (Å²) in [6.07, 6.45) is 5.05. The molecule has 0 atom stereocenters. The quantitative estimate of drug-likeness (QED) is 0.751. The SMILES string of the molecule is O=C[C@H]1CC[C@H](OCc2ccc(F)cc2)CC1. The molecule has 0 aromatic heterocycles. The molecule has 0 unspecified atom stereocenters. The molecule has 0 amide bonds. The maximum absolute atomic E-state index is 12.7. The molecule has 92 valence electrons. The van der Waals surface area contributed by atoms with Crippen LogP contribution in [0.25, 0.3) is 0 Å². The second kappa shape index (κ2) is 5.92. The van der Waals surface area contributed by atoms with E-state index in [2.05, 4.69) is 0 Å². The molecule has 0 heterocycles. The van der Waals surface area contributed by atoms with Crippen molar-refractivity contribution in [3.8, 4) is 0 Å². The van der Waals surface area contributed by atoms with E-state index in [-0.39, 0.29) is 17.8 Å². The number of carbonyl (C=O) groups excluding carboxylic acids is 1. The van der Waals surface area contributed by atoms with E-state index < -0.39 is 0 Å². The van der Waals surface area contributed by atoms with Gasteiger partial charge in [-0.25, -0.2) is 4.39 Å².